The number of nitro groups is 2. The molecule has 0 aromatic heterocycles. The van der Waals surface area contributed by atoms with Crippen LogP contribution in [0.2, 0.25) is 0 Å². The smallest absolute Gasteiger partial charge is 0.317 e. The lowest BCUT2D eigenvalue weighted by atomic mass is 9.71. The molecule has 0 saturated heterocycles. The third kappa shape index (κ3) is 2.65. The molecule has 178 valence electrons. The fraction of sp³-hybridized carbons (Fsp3) is 0.462. The number of nitro benzene ring substituents is 2. The highest BCUT2D eigenvalue weighted by molar-refractivity contribution is 6.01. The number of hydrogen-bond acceptors (Lipinski definition) is 5. The Hall–Kier alpha value is -3.28. The quantitative estimate of drug-likeness (QED) is 0.382. The van der Waals surface area contributed by atoms with Crippen molar-refractivity contribution in [3.05, 3.63) is 38.4 Å². The molecule has 0 heterocycles. The van der Waals surface area contributed by atoms with Crippen LogP contribution in [0, 0.1) is 20.2 Å². The first-order valence-corrected chi connectivity index (χ1v) is 7.45. The number of nitrogens with one attached hydrogen (secondary N) is 1. The minimum Gasteiger partial charge on any atom is -0.317 e. The Bertz CT molecular complexity index is 983. The zero-order chi connectivity index (χ0) is 25.3. The summed E-state index contributed by atoms with van der Waals surface area (Å²) in [5, 5.41) is 22.0. The van der Waals surface area contributed by atoms with E-state index in [0.29, 0.717) is 5.32 Å². The number of amides is 1. The zero-order valence-electron chi connectivity index (χ0n) is 14.3. The molecule has 1 saturated carbocycles. The molecular formula is C13H4F11N3O5. The lowest BCUT2D eigenvalue weighted by Gasteiger charge is -2.51. The SMILES string of the molecule is O=C(Nc1ccc([N+](=O)[O-])cc1[N+](=O)[O-])C1(F)C(F)(F)C(F)(F)C(F)(F)C(F)(F)C1(F)F. The zero-order valence-corrected chi connectivity index (χ0v) is 14.3. The average molecular weight is 491 g/mol. The highest BCUT2D eigenvalue weighted by atomic mass is 19.4. The predicted octanol–water partition coefficient (Wildman–Crippen LogP) is 4.34. The number of halogens is 11. The van der Waals surface area contributed by atoms with Crippen molar-refractivity contribution in [1.29, 1.82) is 0 Å². The van der Waals surface area contributed by atoms with E-state index in [0.717, 1.165) is 0 Å². The fourth-order valence-corrected chi connectivity index (χ4v) is 2.61. The van der Waals surface area contributed by atoms with Gasteiger partial charge in [-0.05, 0) is 6.07 Å². The van der Waals surface area contributed by atoms with E-state index < -0.39 is 68.1 Å². The summed E-state index contributed by atoms with van der Waals surface area (Å²) in [6, 6.07) is 0.276. The van der Waals surface area contributed by atoms with Crippen molar-refractivity contribution in [3.8, 4) is 0 Å². The predicted molar refractivity (Wildman–Crippen MR) is 77.0 cm³/mol. The molecule has 0 spiro atoms. The standard InChI is InChI=1S/C13H4F11N3O5/c14-8(7(28)25-5-2-1-4(26(29)30)3-6(5)27(31)32)9(15,16)11(19,20)13(23,24)12(21,22)10(8,17)18/h1-3H,(H,25,28). The van der Waals surface area contributed by atoms with Gasteiger partial charge in [0.15, 0.2) is 0 Å². The van der Waals surface area contributed by atoms with Crippen LogP contribution < -0.4 is 5.32 Å². The number of carbonyl (C=O) groups is 1. The molecule has 0 aliphatic heterocycles. The summed E-state index contributed by atoms with van der Waals surface area (Å²) in [4.78, 5) is 30.3. The summed E-state index contributed by atoms with van der Waals surface area (Å²) in [7, 11) is 0. The van der Waals surface area contributed by atoms with Crippen LogP contribution in [0.15, 0.2) is 18.2 Å². The van der Waals surface area contributed by atoms with Crippen molar-refractivity contribution in [1.82, 2.24) is 0 Å². The second kappa shape index (κ2) is 6.61. The Morgan fingerprint density at radius 1 is 0.719 bits per heavy atom. The normalized spacial score (nSPS) is 23.7. The molecule has 0 bridgehead atoms. The number of nitrogens with zero attached hydrogens (tertiary/aromatic N) is 2. The van der Waals surface area contributed by atoms with Crippen molar-refractivity contribution in [2.45, 2.75) is 35.3 Å². The number of non-ortho nitro benzene ring substituents is 1. The van der Waals surface area contributed by atoms with Crippen molar-refractivity contribution in [2.75, 3.05) is 5.32 Å². The summed E-state index contributed by atoms with van der Waals surface area (Å²) >= 11 is 0. The summed E-state index contributed by atoms with van der Waals surface area (Å²) in [6.45, 7) is 0. The van der Waals surface area contributed by atoms with Crippen molar-refractivity contribution < 1.29 is 62.9 Å². The maximum absolute atomic E-state index is 14.6. The number of carbonyl (C=O) groups excluding carboxylic acids is 1. The molecule has 32 heavy (non-hydrogen) atoms. The van der Waals surface area contributed by atoms with Gasteiger partial charge in [-0.1, -0.05) is 0 Å². The molecule has 0 radical (unpaired) electrons. The first kappa shape index (κ1) is 25.0. The van der Waals surface area contributed by atoms with E-state index >= 15 is 0 Å². The fourth-order valence-electron chi connectivity index (χ4n) is 2.61. The average Bonchev–Trinajstić information content (AvgIpc) is 2.65. The Balaban J connectivity index is 2.72. The van der Waals surface area contributed by atoms with Crippen LogP contribution in [-0.4, -0.2) is 51.0 Å². The second-order valence-electron chi connectivity index (χ2n) is 6.20. The summed E-state index contributed by atoms with van der Waals surface area (Å²) in [5.41, 5.74) is -11.5. The number of rotatable bonds is 4. The second-order valence-corrected chi connectivity index (χ2v) is 6.20. The van der Waals surface area contributed by atoms with Crippen LogP contribution in [0.1, 0.15) is 0 Å². The lowest BCUT2D eigenvalue weighted by Crippen LogP contribution is -2.86. The van der Waals surface area contributed by atoms with Crippen LogP contribution in [0.3, 0.4) is 0 Å². The molecule has 1 aromatic rings. The Kier molecular flexibility index (Phi) is 5.16. The first-order chi connectivity index (χ1) is 14.1. The molecule has 2 rings (SSSR count). The van der Waals surface area contributed by atoms with Gasteiger partial charge in [-0.15, -0.1) is 0 Å². The van der Waals surface area contributed by atoms with Gasteiger partial charge in [0.25, 0.3) is 17.3 Å². The van der Waals surface area contributed by atoms with E-state index in [1.54, 1.807) is 0 Å². The van der Waals surface area contributed by atoms with E-state index in [1.165, 1.54) is 0 Å². The van der Waals surface area contributed by atoms with Gasteiger partial charge in [0.2, 0.25) is 0 Å². The van der Waals surface area contributed by atoms with E-state index in [2.05, 4.69) is 0 Å². The number of hydrogen-bond donors (Lipinski definition) is 1. The number of alkyl halides is 11. The Labute approximate surface area is 166 Å². The maximum atomic E-state index is 14.6. The van der Waals surface area contributed by atoms with Gasteiger partial charge in [0.05, 0.1) is 15.9 Å². The Morgan fingerprint density at radius 3 is 1.50 bits per heavy atom. The largest absolute Gasteiger partial charge is 0.384 e. The van der Waals surface area contributed by atoms with Crippen LogP contribution in [0.5, 0.6) is 0 Å². The first-order valence-electron chi connectivity index (χ1n) is 7.45. The van der Waals surface area contributed by atoms with E-state index in [9.17, 15) is 73.3 Å². The topological polar surface area (TPSA) is 115 Å². The lowest BCUT2D eigenvalue weighted by molar-refractivity contribution is -0.475. The molecule has 1 aliphatic carbocycles. The number of anilines is 1. The third-order valence-electron chi connectivity index (χ3n) is 4.39. The van der Waals surface area contributed by atoms with E-state index in [1.807, 2.05) is 0 Å². The molecule has 0 unspecified atom stereocenters. The van der Waals surface area contributed by atoms with Gasteiger partial charge < -0.3 is 5.32 Å². The summed E-state index contributed by atoms with van der Waals surface area (Å²) in [6.07, 6.45) is 0. The van der Waals surface area contributed by atoms with Gasteiger partial charge in [-0.3, -0.25) is 25.0 Å². The molecule has 1 N–H and O–H groups in total. The number of benzene rings is 1. The minimum atomic E-state index is -7.56. The van der Waals surface area contributed by atoms with Crippen LogP contribution in [0.25, 0.3) is 0 Å². The van der Waals surface area contributed by atoms with Gasteiger partial charge in [0, 0.05) is 6.07 Å². The van der Waals surface area contributed by atoms with Crippen molar-refractivity contribution in [2.24, 2.45) is 0 Å². The molecule has 0 atom stereocenters. The van der Waals surface area contributed by atoms with Crippen LogP contribution >= 0.6 is 0 Å². The summed E-state index contributed by atoms with van der Waals surface area (Å²) in [5.74, 6) is -41.4. The van der Waals surface area contributed by atoms with E-state index in [-0.39, 0.29) is 18.2 Å². The van der Waals surface area contributed by atoms with Crippen LogP contribution in [0.4, 0.5) is 65.4 Å². The van der Waals surface area contributed by atoms with Crippen molar-refractivity contribution >= 4 is 23.0 Å². The van der Waals surface area contributed by atoms with Crippen molar-refractivity contribution in [3.63, 3.8) is 0 Å². The molecule has 1 fully saturated rings. The Morgan fingerprint density at radius 2 is 1.12 bits per heavy atom. The highest BCUT2D eigenvalue weighted by Gasteiger charge is 3.02. The molecule has 1 amide bonds. The molecule has 1 aromatic carbocycles. The molecule has 1 aliphatic rings. The molecule has 19 heteroatoms. The van der Waals surface area contributed by atoms with E-state index in [4.69, 9.17) is 0 Å². The molecular weight excluding hydrogens is 487 g/mol. The van der Waals surface area contributed by atoms with Crippen LogP contribution in [-0.2, 0) is 4.79 Å². The van der Waals surface area contributed by atoms with Gasteiger partial charge in [-0.2, -0.15) is 43.9 Å². The van der Waals surface area contributed by atoms with Gasteiger partial charge in [-0.25, -0.2) is 4.39 Å². The third-order valence-corrected chi connectivity index (χ3v) is 4.39. The van der Waals surface area contributed by atoms with Gasteiger partial charge in [0.1, 0.15) is 5.69 Å². The minimum absolute atomic E-state index is 0.0327. The highest BCUT2D eigenvalue weighted by Crippen LogP contribution is 2.69. The van der Waals surface area contributed by atoms with Gasteiger partial charge >= 0.3 is 35.3 Å². The maximum Gasteiger partial charge on any atom is 0.384 e. The molecule has 8 nitrogen and oxygen atoms in total. The monoisotopic (exact) mass is 491 g/mol. The summed E-state index contributed by atoms with van der Waals surface area (Å²) < 4.78 is 150.